The number of hydrogen-bond donors (Lipinski definition) is 1. The normalized spacial score (nSPS) is 11.5. The number of nitro benzene ring substituents is 1. The maximum absolute atomic E-state index is 12.2. The summed E-state index contributed by atoms with van der Waals surface area (Å²) in [5.74, 6) is -1.04. The molecule has 1 atom stereocenters. The summed E-state index contributed by atoms with van der Waals surface area (Å²) in [5, 5.41) is 13.3. The number of anilines is 1. The largest absolute Gasteiger partial charge is 0.495 e. The van der Waals surface area contributed by atoms with Gasteiger partial charge in [0, 0.05) is 25.4 Å². The van der Waals surface area contributed by atoms with Crippen LogP contribution in [0, 0.1) is 10.1 Å². The molecule has 0 aliphatic rings. The van der Waals surface area contributed by atoms with Crippen LogP contribution in [0.15, 0.2) is 36.5 Å². The summed E-state index contributed by atoms with van der Waals surface area (Å²) >= 11 is 0. The Labute approximate surface area is 143 Å². The van der Waals surface area contributed by atoms with Gasteiger partial charge in [0.1, 0.15) is 11.4 Å². The molecule has 1 aromatic carbocycles. The third-order valence-corrected chi connectivity index (χ3v) is 3.46. The van der Waals surface area contributed by atoms with Crippen molar-refractivity contribution in [3.05, 3.63) is 52.3 Å². The summed E-state index contributed by atoms with van der Waals surface area (Å²) in [6, 6.07) is 7.04. The summed E-state index contributed by atoms with van der Waals surface area (Å²) in [6.45, 7) is 1.40. The van der Waals surface area contributed by atoms with Crippen LogP contribution in [0.4, 0.5) is 11.4 Å². The zero-order chi connectivity index (χ0) is 18.6. The van der Waals surface area contributed by atoms with E-state index in [2.05, 4.69) is 5.32 Å². The number of esters is 1. The van der Waals surface area contributed by atoms with Crippen molar-refractivity contribution in [1.82, 2.24) is 4.57 Å². The highest BCUT2D eigenvalue weighted by atomic mass is 16.6. The van der Waals surface area contributed by atoms with Gasteiger partial charge in [-0.1, -0.05) is 0 Å². The maximum Gasteiger partial charge on any atom is 0.355 e. The number of nitrogens with zero attached hydrogens (tertiary/aromatic N) is 2. The topological polar surface area (TPSA) is 113 Å². The number of nitro groups is 1. The van der Waals surface area contributed by atoms with Crippen LogP contribution in [0.3, 0.4) is 0 Å². The molecule has 132 valence electrons. The monoisotopic (exact) mass is 347 g/mol. The fourth-order valence-corrected chi connectivity index (χ4v) is 2.09. The first kappa shape index (κ1) is 18.0. The molecule has 1 unspecified atom stereocenters. The molecule has 0 fully saturated rings. The summed E-state index contributed by atoms with van der Waals surface area (Å²) < 4.78 is 11.7. The SMILES string of the molecule is COc1ccc([N+](=O)[O-])cc1NC(=O)C(C)OC(=O)c1cccn1C. The standard InChI is InChI=1S/C16H17N3O6/c1-10(25-16(21)13-5-4-8-18(13)2)15(20)17-12-9-11(19(22)23)6-7-14(12)24-3/h4-10H,1-3H3,(H,17,20). The molecule has 0 spiro atoms. The highest BCUT2D eigenvalue weighted by molar-refractivity contribution is 5.98. The van der Waals surface area contributed by atoms with Crippen LogP contribution in [-0.4, -0.2) is 34.6 Å². The number of rotatable bonds is 6. The molecule has 0 aliphatic carbocycles. The van der Waals surface area contributed by atoms with Gasteiger partial charge in [-0.05, 0) is 25.1 Å². The van der Waals surface area contributed by atoms with Crippen LogP contribution < -0.4 is 10.1 Å². The van der Waals surface area contributed by atoms with Crippen LogP contribution in [0.25, 0.3) is 0 Å². The van der Waals surface area contributed by atoms with Crippen LogP contribution in [-0.2, 0) is 16.6 Å². The lowest BCUT2D eigenvalue weighted by atomic mass is 10.2. The zero-order valence-corrected chi connectivity index (χ0v) is 13.9. The molecule has 1 heterocycles. The summed E-state index contributed by atoms with van der Waals surface area (Å²) in [7, 11) is 3.05. The van der Waals surface area contributed by atoms with Crippen molar-refractivity contribution in [2.45, 2.75) is 13.0 Å². The van der Waals surface area contributed by atoms with Crippen molar-refractivity contribution >= 4 is 23.3 Å². The highest BCUT2D eigenvalue weighted by Crippen LogP contribution is 2.29. The van der Waals surface area contributed by atoms with E-state index in [1.165, 1.54) is 32.2 Å². The number of non-ortho nitro benzene ring substituents is 1. The van der Waals surface area contributed by atoms with Gasteiger partial charge in [-0.25, -0.2) is 4.79 Å². The lowest BCUT2D eigenvalue weighted by Gasteiger charge is -2.15. The average molecular weight is 347 g/mol. The minimum absolute atomic E-state index is 0.114. The number of carbonyl (C=O) groups is 2. The third-order valence-electron chi connectivity index (χ3n) is 3.46. The second-order valence-corrected chi connectivity index (χ2v) is 5.18. The second-order valence-electron chi connectivity index (χ2n) is 5.18. The summed E-state index contributed by atoms with van der Waals surface area (Å²) in [6.07, 6.45) is 0.571. The van der Waals surface area contributed by atoms with Gasteiger partial charge in [0.05, 0.1) is 17.7 Å². The average Bonchev–Trinajstić information content (AvgIpc) is 3.00. The Morgan fingerprint density at radius 3 is 2.60 bits per heavy atom. The fraction of sp³-hybridized carbons (Fsp3) is 0.250. The van der Waals surface area contributed by atoms with E-state index < -0.39 is 22.9 Å². The van der Waals surface area contributed by atoms with Gasteiger partial charge in [0.25, 0.3) is 11.6 Å². The van der Waals surface area contributed by atoms with Crippen LogP contribution in [0.2, 0.25) is 0 Å². The first-order chi connectivity index (χ1) is 11.8. The number of ether oxygens (including phenoxy) is 2. The number of amides is 1. The molecule has 9 nitrogen and oxygen atoms in total. The second kappa shape index (κ2) is 7.47. The molecule has 1 N–H and O–H groups in total. The molecule has 0 saturated carbocycles. The first-order valence-corrected chi connectivity index (χ1v) is 7.29. The van der Waals surface area contributed by atoms with E-state index in [9.17, 15) is 19.7 Å². The van der Waals surface area contributed by atoms with Crippen molar-refractivity contribution in [1.29, 1.82) is 0 Å². The number of aromatic nitrogens is 1. The van der Waals surface area contributed by atoms with Crippen molar-refractivity contribution < 1.29 is 24.0 Å². The van der Waals surface area contributed by atoms with Crippen molar-refractivity contribution in [2.75, 3.05) is 12.4 Å². The first-order valence-electron chi connectivity index (χ1n) is 7.29. The molecule has 1 aromatic heterocycles. The number of nitrogens with one attached hydrogen (secondary N) is 1. The molecule has 0 radical (unpaired) electrons. The molecule has 25 heavy (non-hydrogen) atoms. The number of benzene rings is 1. The minimum Gasteiger partial charge on any atom is -0.495 e. The third kappa shape index (κ3) is 4.14. The Hall–Kier alpha value is -3.36. The Balaban J connectivity index is 2.10. The summed E-state index contributed by atoms with van der Waals surface area (Å²) in [5.41, 5.74) is 0.209. The number of methoxy groups -OCH3 is 1. The van der Waals surface area contributed by atoms with E-state index in [0.717, 1.165) is 0 Å². The Morgan fingerprint density at radius 1 is 1.32 bits per heavy atom. The van der Waals surface area contributed by atoms with Gasteiger partial charge in [-0.2, -0.15) is 0 Å². The van der Waals surface area contributed by atoms with Crippen molar-refractivity contribution in [3.63, 3.8) is 0 Å². The van der Waals surface area contributed by atoms with E-state index in [4.69, 9.17) is 9.47 Å². The van der Waals surface area contributed by atoms with E-state index in [-0.39, 0.29) is 17.1 Å². The quantitative estimate of drug-likeness (QED) is 0.486. The smallest absolute Gasteiger partial charge is 0.355 e. The molecule has 1 amide bonds. The molecule has 2 rings (SSSR count). The van der Waals surface area contributed by atoms with E-state index in [0.29, 0.717) is 5.69 Å². The predicted molar refractivity (Wildman–Crippen MR) is 88.6 cm³/mol. The molecular formula is C16H17N3O6. The lowest BCUT2D eigenvalue weighted by molar-refractivity contribution is -0.384. The lowest BCUT2D eigenvalue weighted by Crippen LogP contribution is -2.30. The molecule has 0 bridgehead atoms. The zero-order valence-electron chi connectivity index (χ0n) is 13.9. The van der Waals surface area contributed by atoms with Gasteiger partial charge in [0.15, 0.2) is 6.10 Å². The van der Waals surface area contributed by atoms with Gasteiger partial charge in [0.2, 0.25) is 0 Å². The predicted octanol–water partition coefficient (Wildman–Crippen LogP) is 2.13. The Bertz CT molecular complexity index is 814. The number of aryl methyl sites for hydroxylation is 1. The Kier molecular flexibility index (Phi) is 5.38. The van der Waals surface area contributed by atoms with E-state index in [1.54, 1.807) is 29.9 Å². The van der Waals surface area contributed by atoms with Crippen LogP contribution >= 0.6 is 0 Å². The van der Waals surface area contributed by atoms with Gasteiger partial charge in [-0.15, -0.1) is 0 Å². The van der Waals surface area contributed by atoms with Crippen molar-refractivity contribution in [3.8, 4) is 5.75 Å². The van der Waals surface area contributed by atoms with Crippen LogP contribution in [0.5, 0.6) is 5.75 Å². The molecular weight excluding hydrogens is 330 g/mol. The van der Waals surface area contributed by atoms with Gasteiger partial charge >= 0.3 is 5.97 Å². The molecule has 2 aromatic rings. The van der Waals surface area contributed by atoms with Crippen molar-refractivity contribution in [2.24, 2.45) is 7.05 Å². The van der Waals surface area contributed by atoms with Crippen LogP contribution in [0.1, 0.15) is 17.4 Å². The maximum atomic E-state index is 12.2. The fourth-order valence-electron chi connectivity index (χ4n) is 2.09. The minimum atomic E-state index is -1.11. The van der Waals surface area contributed by atoms with Gasteiger partial charge in [-0.3, -0.25) is 14.9 Å². The number of carbonyl (C=O) groups excluding carboxylic acids is 2. The van der Waals surface area contributed by atoms with Gasteiger partial charge < -0.3 is 19.4 Å². The summed E-state index contributed by atoms with van der Waals surface area (Å²) in [4.78, 5) is 34.5. The van der Waals surface area contributed by atoms with E-state index >= 15 is 0 Å². The molecule has 0 saturated heterocycles. The highest BCUT2D eigenvalue weighted by Gasteiger charge is 2.22. The Morgan fingerprint density at radius 2 is 2.04 bits per heavy atom. The number of hydrogen-bond acceptors (Lipinski definition) is 6. The van der Waals surface area contributed by atoms with E-state index in [1.807, 2.05) is 0 Å². The molecule has 0 aliphatic heterocycles. The molecule has 9 heteroatoms.